The van der Waals surface area contributed by atoms with Crippen LogP contribution in [0.1, 0.15) is 22.9 Å². The van der Waals surface area contributed by atoms with E-state index < -0.39 is 11.9 Å². The van der Waals surface area contributed by atoms with Crippen molar-refractivity contribution < 1.29 is 14.2 Å². The monoisotopic (exact) mass is 250 g/mol. The van der Waals surface area contributed by atoms with Crippen molar-refractivity contribution in [1.82, 2.24) is 9.78 Å². The fourth-order valence-corrected chi connectivity index (χ4v) is 1.87. The molecule has 1 heterocycles. The van der Waals surface area contributed by atoms with Crippen molar-refractivity contribution >= 4 is 0 Å². The Hall–Kier alpha value is -1.88. The van der Waals surface area contributed by atoms with E-state index in [1.54, 1.807) is 17.9 Å². The smallest absolute Gasteiger partial charge is 0.125 e. The first kappa shape index (κ1) is 12.6. The number of aromatic nitrogens is 2. The standard InChI is InChI=1S/C13H15FN2O2/c1-8-11(7-15-16(8)2)13(17)10-6-9(14)4-5-12(10)18-3/h4-7,13,17H,1-3H3. The minimum absolute atomic E-state index is 0.397. The largest absolute Gasteiger partial charge is 0.496 e. The molecule has 0 saturated carbocycles. The molecule has 0 aliphatic heterocycles. The molecule has 0 radical (unpaired) electrons. The molecule has 2 rings (SSSR count). The number of methoxy groups -OCH3 is 1. The summed E-state index contributed by atoms with van der Waals surface area (Å²) in [4.78, 5) is 0. The lowest BCUT2D eigenvalue weighted by Crippen LogP contribution is -2.04. The summed E-state index contributed by atoms with van der Waals surface area (Å²) in [6.45, 7) is 1.84. The maximum atomic E-state index is 13.3. The third kappa shape index (κ3) is 2.09. The van der Waals surface area contributed by atoms with E-state index in [-0.39, 0.29) is 0 Å². The molecule has 0 spiro atoms. The molecule has 4 nitrogen and oxygen atoms in total. The van der Waals surface area contributed by atoms with E-state index in [2.05, 4.69) is 5.10 Å². The Labute approximate surface area is 105 Å². The van der Waals surface area contributed by atoms with Crippen LogP contribution in [0.15, 0.2) is 24.4 Å². The zero-order chi connectivity index (χ0) is 13.3. The van der Waals surface area contributed by atoms with Crippen molar-refractivity contribution in [3.05, 3.63) is 47.0 Å². The van der Waals surface area contributed by atoms with Crippen LogP contribution in [-0.2, 0) is 7.05 Å². The van der Waals surface area contributed by atoms with Gasteiger partial charge >= 0.3 is 0 Å². The normalized spacial score (nSPS) is 12.5. The predicted octanol–water partition coefficient (Wildman–Crippen LogP) is 1.96. The number of aryl methyl sites for hydroxylation is 1. The lowest BCUT2D eigenvalue weighted by molar-refractivity contribution is 0.213. The summed E-state index contributed by atoms with van der Waals surface area (Å²) in [6, 6.07) is 4.07. The number of hydrogen-bond acceptors (Lipinski definition) is 3. The lowest BCUT2D eigenvalue weighted by Gasteiger charge is -2.14. The molecule has 0 aliphatic carbocycles. The summed E-state index contributed by atoms with van der Waals surface area (Å²) < 4.78 is 20.1. The number of hydrogen-bond donors (Lipinski definition) is 1. The number of benzene rings is 1. The Kier molecular flexibility index (Phi) is 3.34. The molecule has 1 aromatic heterocycles. The van der Waals surface area contributed by atoms with Gasteiger partial charge in [0.1, 0.15) is 17.7 Å². The van der Waals surface area contributed by atoms with Crippen molar-refractivity contribution in [3.8, 4) is 5.75 Å². The highest BCUT2D eigenvalue weighted by atomic mass is 19.1. The van der Waals surface area contributed by atoms with Crippen LogP contribution < -0.4 is 4.74 Å². The molecule has 2 aromatic rings. The molecule has 96 valence electrons. The first-order chi connectivity index (χ1) is 8.54. The molecule has 1 atom stereocenters. The molecule has 0 saturated heterocycles. The van der Waals surface area contributed by atoms with E-state index in [1.165, 1.54) is 25.3 Å². The van der Waals surface area contributed by atoms with Gasteiger partial charge in [-0.1, -0.05) is 0 Å². The van der Waals surface area contributed by atoms with E-state index >= 15 is 0 Å². The van der Waals surface area contributed by atoms with Crippen LogP contribution >= 0.6 is 0 Å². The number of nitrogens with zero attached hydrogens (tertiary/aromatic N) is 2. The summed E-state index contributed by atoms with van der Waals surface area (Å²) in [6.07, 6.45) is 0.619. The Balaban J connectivity index is 2.48. The number of ether oxygens (including phenoxy) is 1. The molecule has 0 fully saturated rings. The minimum atomic E-state index is -0.954. The van der Waals surface area contributed by atoms with E-state index in [0.717, 1.165) is 5.69 Å². The van der Waals surface area contributed by atoms with Gasteiger partial charge < -0.3 is 9.84 Å². The van der Waals surface area contributed by atoms with E-state index in [9.17, 15) is 9.50 Å². The summed E-state index contributed by atoms with van der Waals surface area (Å²) in [5, 5.41) is 14.4. The van der Waals surface area contributed by atoms with Gasteiger partial charge in [-0.2, -0.15) is 5.10 Å². The van der Waals surface area contributed by atoms with Crippen LogP contribution in [0.2, 0.25) is 0 Å². The minimum Gasteiger partial charge on any atom is -0.496 e. The fourth-order valence-electron chi connectivity index (χ4n) is 1.87. The maximum Gasteiger partial charge on any atom is 0.125 e. The van der Waals surface area contributed by atoms with Gasteiger partial charge in [-0.25, -0.2) is 4.39 Å². The van der Waals surface area contributed by atoms with Crippen LogP contribution in [0.3, 0.4) is 0 Å². The highest BCUT2D eigenvalue weighted by molar-refractivity contribution is 5.41. The van der Waals surface area contributed by atoms with Crippen LogP contribution in [0.4, 0.5) is 4.39 Å². The molecular formula is C13H15FN2O2. The van der Waals surface area contributed by atoms with Crippen molar-refractivity contribution in [3.63, 3.8) is 0 Å². The second-order valence-corrected chi connectivity index (χ2v) is 4.10. The molecule has 1 N–H and O–H groups in total. The Bertz CT molecular complexity index is 566. The highest BCUT2D eigenvalue weighted by Crippen LogP contribution is 2.31. The molecule has 0 amide bonds. The molecule has 0 aliphatic rings. The van der Waals surface area contributed by atoms with Gasteiger partial charge in [0, 0.05) is 23.9 Å². The average molecular weight is 250 g/mol. The van der Waals surface area contributed by atoms with Gasteiger partial charge in [-0.05, 0) is 25.1 Å². The van der Waals surface area contributed by atoms with Crippen molar-refractivity contribution in [2.24, 2.45) is 7.05 Å². The number of aliphatic hydroxyl groups excluding tert-OH is 1. The van der Waals surface area contributed by atoms with Crippen LogP contribution in [0.25, 0.3) is 0 Å². The third-order valence-corrected chi connectivity index (χ3v) is 3.05. The number of rotatable bonds is 3. The summed E-state index contributed by atoms with van der Waals surface area (Å²) in [5.41, 5.74) is 1.86. The number of aliphatic hydroxyl groups is 1. The molecule has 1 aromatic carbocycles. The molecule has 5 heteroatoms. The molecular weight excluding hydrogens is 235 g/mol. The topological polar surface area (TPSA) is 47.3 Å². The van der Waals surface area contributed by atoms with E-state index in [0.29, 0.717) is 16.9 Å². The SMILES string of the molecule is COc1ccc(F)cc1C(O)c1cnn(C)c1C. The van der Waals surface area contributed by atoms with Gasteiger partial charge in [-0.3, -0.25) is 4.68 Å². The van der Waals surface area contributed by atoms with Gasteiger partial charge in [0.15, 0.2) is 0 Å². The Morgan fingerprint density at radius 2 is 2.11 bits per heavy atom. The summed E-state index contributed by atoms with van der Waals surface area (Å²) in [7, 11) is 3.27. The van der Waals surface area contributed by atoms with Gasteiger partial charge in [0.25, 0.3) is 0 Å². The van der Waals surface area contributed by atoms with Crippen LogP contribution in [0, 0.1) is 12.7 Å². The van der Waals surface area contributed by atoms with Crippen molar-refractivity contribution in [1.29, 1.82) is 0 Å². The zero-order valence-electron chi connectivity index (χ0n) is 10.5. The van der Waals surface area contributed by atoms with Gasteiger partial charge in [0.2, 0.25) is 0 Å². The second-order valence-electron chi connectivity index (χ2n) is 4.10. The third-order valence-electron chi connectivity index (χ3n) is 3.05. The fraction of sp³-hybridized carbons (Fsp3) is 0.308. The Morgan fingerprint density at radius 1 is 1.39 bits per heavy atom. The van der Waals surface area contributed by atoms with Gasteiger partial charge in [0.05, 0.1) is 13.3 Å². The van der Waals surface area contributed by atoms with Crippen LogP contribution in [0.5, 0.6) is 5.75 Å². The predicted molar refractivity (Wildman–Crippen MR) is 65.0 cm³/mol. The molecule has 18 heavy (non-hydrogen) atoms. The first-order valence-electron chi connectivity index (χ1n) is 5.54. The molecule has 1 unspecified atom stereocenters. The lowest BCUT2D eigenvalue weighted by atomic mass is 10.0. The first-order valence-corrected chi connectivity index (χ1v) is 5.54. The number of halogens is 1. The Morgan fingerprint density at radius 3 is 2.67 bits per heavy atom. The average Bonchev–Trinajstić information content (AvgIpc) is 2.69. The van der Waals surface area contributed by atoms with Gasteiger partial charge in [-0.15, -0.1) is 0 Å². The van der Waals surface area contributed by atoms with Crippen LogP contribution in [-0.4, -0.2) is 22.0 Å². The summed E-state index contributed by atoms with van der Waals surface area (Å²) in [5.74, 6) is 0.0403. The van der Waals surface area contributed by atoms with Crippen molar-refractivity contribution in [2.75, 3.05) is 7.11 Å². The quantitative estimate of drug-likeness (QED) is 0.905. The maximum absolute atomic E-state index is 13.3. The molecule has 0 bridgehead atoms. The van der Waals surface area contributed by atoms with E-state index in [1.807, 2.05) is 6.92 Å². The van der Waals surface area contributed by atoms with Crippen molar-refractivity contribution in [2.45, 2.75) is 13.0 Å². The zero-order valence-corrected chi connectivity index (χ0v) is 10.5. The van der Waals surface area contributed by atoms with E-state index in [4.69, 9.17) is 4.74 Å². The summed E-state index contributed by atoms with van der Waals surface area (Å²) >= 11 is 0. The highest BCUT2D eigenvalue weighted by Gasteiger charge is 2.20. The second kappa shape index (κ2) is 4.78.